The van der Waals surface area contributed by atoms with E-state index in [1.807, 2.05) is 24.3 Å². The Kier molecular flexibility index (Phi) is 6.22. The van der Waals surface area contributed by atoms with E-state index in [-0.39, 0.29) is 0 Å². The van der Waals surface area contributed by atoms with Gasteiger partial charge in [-0.15, -0.1) is 0 Å². The molecule has 4 heteroatoms. The van der Waals surface area contributed by atoms with Crippen molar-refractivity contribution in [2.45, 2.75) is 0 Å². The van der Waals surface area contributed by atoms with E-state index in [0.29, 0.717) is 11.3 Å². The van der Waals surface area contributed by atoms with Crippen molar-refractivity contribution in [1.82, 2.24) is 9.13 Å². The third-order valence-electron chi connectivity index (χ3n) is 9.33. The van der Waals surface area contributed by atoms with Gasteiger partial charge in [-0.25, -0.2) is 4.85 Å². The van der Waals surface area contributed by atoms with Crippen molar-refractivity contribution in [1.29, 1.82) is 5.26 Å². The molecule has 222 valence electrons. The summed E-state index contributed by atoms with van der Waals surface area (Å²) in [4.78, 5) is 3.92. The van der Waals surface area contributed by atoms with Crippen LogP contribution in [0.5, 0.6) is 0 Å². The Balaban J connectivity index is 1.24. The van der Waals surface area contributed by atoms with E-state index in [9.17, 15) is 5.26 Å². The Morgan fingerprint density at radius 1 is 0.500 bits per heavy atom. The first-order valence-electron chi connectivity index (χ1n) is 15.9. The highest BCUT2D eigenvalue weighted by molar-refractivity contribution is 6.14. The van der Waals surface area contributed by atoms with Crippen LogP contribution in [0.3, 0.4) is 0 Å². The summed E-state index contributed by atoms with van der Waals surface area (Å²) < 4.78 is 4.49. The molecule has 9 aromatic rings. The molecule has 2 heterocycles. The summed E-state index contributed by atoms with van der Waals surface area (Å²) in [6, 6.07) is 56.6. The van der Waals surface area contributed by atoms with E-state index in [0.717, 1.165) is 66.5 Å². The van der Waals surface area contributed by atoms with E-state index in [1.165, 1.54) is 10.8 Å². The molecule has 0 fully saturated rings. The minimum absolute atomic E-state index is 0.604. The highest BCUT2D eigenvalue weighted by Crippen LogP contribution is 2.41. The Morgan fingerprint density at radius 2 is 1.08 bits per heavy atom. The molecule has 48 heavy (non-hydrogen) atoms. The van der Waals surface area contributed by atoms with Gasteiger partial charge in [-0.2, -0.15) is 5.26 Å². The van der Waals surface area contributed by atoms with Gasteiger partial charge in [0.2, 0.25) is 5.69 Å². The molecule has 0 radical (unpaired) electrons. The molecule has 0 unspecified atom stereocenters. The summed E-state index contributed by atoms with van der Waals surface area (Å²) in [6.07, 6.45) is 0. The van der Waals surface area contributed by atoms with Gasteiger partial charge in [0.15, 0.2) is 0 Å². The molecule has 0 aliphatic rings. The topological polar surface area (TPSA) is 38.0 Å². The number of para-hydroxylation sites is 5. The molecule has 0 spiro atoms. The number of nitriles is 1. The van der Waals surface area contributed by atoms with Crippen LogP contribution >= 0.6 is 0 Å². The quantitative estimate of drug-likeness (QED) is 0.183. The molecular weight excluding hydrogens is 585 g/mol. The molecule has 0 atom stereocenters. The van der Waals surface area contributed by atoms with Gasteiger partial charge in [0.1, 0.15) is 0 Å². The zero-order valence-electron chi connectivity index (χ0n) is 25.8. The number of aromatic nitrogens is 2. The van der Waals surface area contributed by atoms with Gasteiger partial charge in [-0.1, -0.05) is 109 Å². The number of rotatable bonds is 4. The maximum Gasteiger partial charge on any atom is 0.211 e. The second kappa shape index (κ2) is 10.9. The summed E-state index contributed by atoms with van der Waals surface area (Å²) in [5, 5.41) is 14.7. The lowest BCUT2D eigenvalue weighted by molar-refractivity contribution is 1.18. The van der Waals surface area contributed by atoms with Crippen molar-refractivity contribution >= 4 is 49.3 Å². The number of fused-ring (bicyclic) bond motifs is 6. The van der Waals surface area contributed by atoms with Gasteiger partial charge in [0.05, 0.1) is 46.0 Å². The normalized spacial score (nSPS) is 11.3. The van der Waals surface area contributed by atoms with Crippen LogP contribution in [0.1, 0.15) is 5.56 Å². The summed E-state index contributed by atoms with van der Waals surface area (Å²) in [6.45, 7) is 7.98. The average Bonchev–Trinajstić information content (AvgIpc) is 3.68. The van der Waals surface area contributed by atoms with Crippen LogP contribution in [0, 0.1) is 17.9 Å². The summed E-state index contributed by atoms with van der Waals surface area (Å²) in [5.41, 5.74) is 11.5. The van der Waals surface area contributed by atoms with Crippen LogP contribution in [-0.2, 0) is 0 Å². The van der Waals surface area contributed by atoms with Crippen LogP contribution in [0.25, 0.3) is 82.1 Å². The van der Waals surface area contributed by atoms with Gasteiger partial charge in [-0.05, 0) is 70.6 Å². The van der Waals surface area contributed by atoms with E-state index < -0.39 is 0 Å². The average molecular weight is 611 g/mol. The SMILES string of the molecule is [C-]#[N+]c1cccc2c3ccccc3n(-c3ccccc3-c3cccc(-c4cc(C#N)cc(-n5c6ccccc6c6ccccc65)c4)c3)c12. The smallest absolute Gasteiger partial charge is 0.211 e. The largest absolute Gasteiger partial charge is 0.318 e. The first-order valence-corrected chi connectivity index (χ1v) is 15.9. The maximum absolute atomic E-state index is 10.2. The Morgan fingerprint density at radius 3 is 1.79 bits per heavy atom. The minimum Gasteiger partial charge on any atom is -0.318 e. The van der Waals surface area contributed by atoms with Crippen LogP contribution in [-0.4, -0.2) is 9.13 Å². The predicted molar refractivity (Wildman–Crippen MR) is 197 cm³/mol. The molecule has 0 bridgehead atoms. The van der Waals surface area contributed by atoms with Gasteiger partial charge >= 0.3 is 0 Å². The Hall–Kier alpha value is -6.88. The fourth-order valence-corrected chi connectivity index (χ4v) is 7.29. The highest BCUT2D eigenvalue weighted by atomic mass is 15.0. The molecule has 0 saturated heterocycles. The van der Waals surface area contributed by atoms with Crippen LogP contribution in [0.4, 0.5) is 5.69 Å². The van der Waals surface area contributed by atoms with Crippen molar-refractivity contribution in [3.8, 4) is 39.7 Å². The third kappa shape index (κ3) is 4.14. The fourth-order valence-electron chi connectivity index (χ4n) is 7.29. The van der Waals surface area contributed by atoms with Gasteiger partial charge in [0.25, 0.3) is 0 Å². The lowest BCUT2D eigenvalue weighted by atomic mass is 9.96. The molecule has 0 aliphatic heterocycles. The second-order valence-corrected chi connectivity index (χ2v) is 12.0. The summed E-state index contributed by atoms with van der Waals surface area (Å²) in [7, 11) is 0. The summed E-state index contributed by atoms with van der Waals surface area (Å²) in [5.74, 6) is 0. The molecule has 7 aromatic carbocycles. The standard InChI is InChI=1S/C44H26N4/c1-46-39-19-11-18-38-37-17-5-9-23-43(37)48(44(38)39)40-20-6-2-14-34(40)31-13-10-12-30(26-31)32-24-29(28-45)25-33(27-32)47-41-21-7-3-15-35(41)36-16-4-8-22-42(36)47/h2-27H. The van der Waals surface area contributed by atoms with E-state index in [2.05, 4.69) is 154 Å². The predicted octanol–water partition coefficient (Wildman–Crippen LogP) is 11.6. The molecular formula is C44H26N4. The van der Waals surface area contributed by atoms with Gasteiger partial charge in [-0.3, -0.25) is 0 Å². The molecule has 4 nitrogen and oxygen atoms in total. The monoisotopic (exact) mass is 610 g/mol. The van der Waals surface area contributed by atoms with Crippen LogP contribution in [0.2, 0.25) is 0 Å². The van der Waals surface area contributed by atoms with Crippen molar-refractivity contribution < 1.29 is 0 Å². The number of hydrogen-bond acceptors (Lipinski definition) is 1. The fraction of sp³-hybridized carbons (Fsp3) is 0. The van der Waals surface area contributed by atoms with Crippen molar-refractivity contribution in [2.24, 2.45) is 0 Å². The van der Waals surface area contributed by atoms with E-state index in [4.69, 9.17) is 6.57 Å². The molecule has 0 amide bonds. The number of hydrogen-bond donors (Lipinski definition) is 0. The van der Waals surface area contributed by atoms with Crippen molar-refractivity contribution in [3.63, 3.8) is 0 Å². The first-order chi connectivity index (χ1) is 23.7. The molecule has 2 aromatic heterocycles. The van der Waals surface area contributed by atoms with Crippen LogP contribution < -0.4 is 0 Å². The zero-order valence-corrected chi connectivity index (χ0v) is 25.8. The van der Waals surface area contributed by atoms with Crippen LogP contribution in [0.15, 0.2) is 158 Å². The maximum atomic E-state index is 10.2. The molecule has 0 saturated carbocycles. The molecule has 9 rings (SSSR count). The number of benzene rings is 7. The van der Waals surface area contributed by atoms with Crippen molar-refractivity contribution in [3.05, 3.63) is 175 Å². The first kappa shape index (κ1) is 27.4. The lowest BCUT2D eigenvalue weighted by Gasteiger charge is -2.16. The van der Waals surface area contributed by atoms with Crippen molar-refractivity contribution in [2.75, 3.05) is 0 Å². The zero-order chi connectivity index (χ0) is 32.2. The third-order valence-corrected chi connectivity index (χ3v) is 9.33. The van der Waals surface area contributed by atoms with E-state index >= 15 is 0 Å². The van der Waals surface area contributed by atoms with Gasteiger partial charge in [0, 0.05) is 27.4 Å². The lowest BCUT2D eigenvalue weighted by Crippen LogP contribution is -1.98. The highest BCUT2D eigenvalue weighted by Gasteiger charge is 2.18. The summed E-state index contributed by atoms with van der Waals surface area (Å²) >= 11 is 0. The number of nitrogens with zero attached hydrogens (tertiary/aromatic N) is 4. The second-order valence-electron chi connectivity index (χ2n) is 12.0. The van der Waals surface area contributed by atoms with E-state index in [1.54, 1.807) is 0 Å². The molecule has 0 N–H and O–H groups in total. The Bertz CT molecular complexity index is 2760. The Labute approximate surface area is 277 Å². The molecule has 0 aliphatic carbocycles. The minimum atomic E-state index is 0.604. The van der Waals surface area contributed by atoms with Gasteiger partial charge < -0.3 is 9.13 Å².